The highest BCUT2D eigenvalue weighted by molar-refractivity contribution is 7.12. The van der Waals surface area contributed by atoms with E-state index in [2.05, 4.69) is 12.2 Å². The van der Waals surface area contributed by atoms with Gasteiger partial charge in [-0.15, -0.1) is 11.3 Å². The summed E-state index contributed by atoms with van der Waals surface area (Å²) in [6.07, 6.45) is 4.35. The molecule has 5 nitrogen and oxygen atoms in total. The second-order valence-electron chi connectivity index (χ2n) is 6.45. The van der Waals surface area contributed by atoms with Crippen molar-refractivity contribution < 1.29 is 9.59 Å². The third-order valence-electron chi connectivity index (χ3n) is 4.69. The predicted molar refractivity (Wildman–Crippen MR) is 91.7 cm³/mol. The molecular weight excluding hydrogens is 310 g/mol. The first kappa shape index (κ1) is 16.3. The highest BCUT2D eigenvalue weighted by Gasteiger charge is 2.38. The van der Waals surface area contributed by atoms with Crippen molar-refractivity contribution in [2.24, 2.45) is 5.92 Å². The van der Waals surface area contributed by atoms with Gasteiger partial charge < -0.3 is 15.1 Å². The van der Waals surface area contributed by atoms with Crippen molar-refractivity contribution in [2.75, 3.05) is 26.2 Å². The summed E-state index contributed by atoms with van der Waals surface area (Å²) >= 11 is 1.48. The molecule has 0 radical (unpaired) electrons. The number of thiophene rings is 1. The Bertz CT molecular complexity index is 546. The first-order valence-electron chi connectivity index (χ1n) is 8.57. The fraction of sp³-hybridized carbons (Fsp3) is 0.647. The van der Waals surface area contributed by atoms with Gasteiger partial charge in [-0.2, -0.15) is 0 Å². The minimum Gasteiger partial charge on any atom is -0.336 e. The van der Waals surface area contributed by atoms with Crippen molar-refractivity contribution in [1.82, 2.24) is 15.1 Å². The van der Waals surface area contributed by atoms with Crippen molar-refractivity contribution in [1.29, 1.82) is 0 Å². The quantitative estimate of drug-likeness (QED) is 0.920. The van der Waals surface area contributed by atoms with E-state index in [-0.39, 0.29) is 11.9 Å². The zero-order valence-electron chi connectivity index (χ0n) is 13.7. The molecule has 2 fully saturated rings. The molecule has 0 bridgehead atoms. The van der Waals surface area contributed by atoms with Crippen molar-refractivity contribution in [3.05, 3.63) is 22.4 Å². The maximum Gasteiger partial charge on any atom is 0.317 e. The van der Waals surface area contributed by atoms with Gasteiger partial charge in [0.15, 0.2) is 0 Å². The third kappa shape index (κ3) is 4.05. The first-order chi connectivity index (χ1) is 11.2. The van der Waals surface area contributed by atoms with Crippen LogP contribution in [0.15, 0.2) is 17.5 Å². The second kappa shape index (κ2) is 7.34. The van der Waals surface area contributed by atoms with Gasteiger partial charge in [0.2, 0.25) is 0 Å². The summed E-state index contributed by atoms with van der Waals surface area (Å²) in [5.41, 5.74) is 0. The van der Waals surface area contributed by atoms with Crippen LogP contribution in [0.25, 0.3) is 0 Å². The molecule has 0 spiro atoms. The van der Waals surface area contributed by atoms with E-state index in [1.807, 2.05) is 27.3 Å². The molecule has 1 aromatic rings. The molecule has 3 amide bonds. The largest absolute Gasteiger partial charge is 0.336 e. The summed E-state index contributed by atoms with van der Waals surface area (Å²) in [6, 6.07) is 4.18. The lowest BCUT2D eigenvalue weighted by Crippen LogP contribution is -2.43. The Morgan fingerprint density at radius 1 is 1.26 bits per heavy atom. The lowest BCUT2D eigenvalue weighted by atomic mass is 10.2. The van der Waals surface area contributed by atoms with Crippen LogP contribution < -0.4 is 5.32 Å². The van der Waals surface area contributed by atoms with Crippen molar-refractivity contribution in [3.8, 4) is 0 Å². The second-order valence-corrected chi connectivity index (χ2v) is 7.40. The maximum absolute atomic E-state index is 12.4. The summed E-state index contributed by atoms with van der Waals surface area (Å²) in [4.78, 5) is 29.3. The number of carbonyl (C=O) groups is 2. The van der Waals surface area contributed by atoms with Crippen LogP contribution in [-0.2, 0) is 0 Å². The van der Waals surface area contributed by atoms with Crippen LogP contribution in [0.2, 0.25) is 0 Å². The van der Waals surface area contributed by atoms with Gasteiger partial charge in [0.25, 0.3) is 5.91 Å². The normalized spacial score (nSPS) is 24.2. The maximum atomic E-state index is 12.4. The zero-order valence-corrected chi connectivity index (χ0v) is 14.5. The molecule has 1 aliphatic heterocycles. The standard InChI is InChI=1S/C17H25N3O2S/c1-2-5-13-12-14(13)18-17(22)20-8-4-7-19(9-10-20)16(21)15-6-3-11-23-15/h3,6,11,13-14H,2,4-5,7-10,12H2,1H3,(H,18,22)/t13-,14+/m1/s1. The Kier molecular flexibility index (Phi) is 5.20. The van der Waals surface area contributed by atoms with Crippen molar-refractivity contribution in [3.63, 3.8) is 0 Å². The topological polar surface area (TPSA) is 52.7 Å². The molecule has 2 atom stereocenters. The summed E-state index contributed by atoms with van der Waals surface area (Å²) < 4.78 is 0. The summed E-state index contributed by atoms with van der Waals surface area (Å²) in [5, 5.41) is 5.07. The number of hydrogen-bond donors (Lipinski definition) is 1. The lowest BCUT2D eigenvalue weighted by Gasteiger charge is -2.22. The van der Waals surface area contributed by atoms with E-state index < -0.39 is 0 Å². The van der Waals surface area contributed by atoms with Crippen LogP contribution in [0.5, 0.6) is 0 Å². The van der Waals surface area contributed by atoms with E-state index in [0.29, 0.717) is 25.0 Å². The van der Waals surface area contributed by atoms with Crippen molar-refractivity contribution in [2.45, 2.75) is 38.6 Å². The molecule has 1 aliphatic carbocycles. The molecule has 6 heteroatoms. The molecule has 1 saturated carbocycles. The molecule has 3 rings (SSSR count). The molecule has 23 heavy (non-hydrogen) atoms. The number of hydrogen-bond acceptors (Lipinski definition) is 3. The summed E-state index contributed by atoms with van der Waals surface area (Å²) in [6.45, 7) is 4.88. The predicted octanol–water partition coefficient (Wildman–Crippen LogP) is 2.79. The average Bonchev–Trinajstić information content (AvgIpc) is 3.11. The molecule has 1 N–H and O–H groups in total. The monoisotopic (exact) mass is 335 g/mol. The van der Waals surface area contributed by atoms with E-state index in [9.17, 15) is 9.59 Å². The van der Waals surface area contributed by atoms with Crippen LogP contribution in [0.4, 0.5) is 4.79 Å². The summed E-state index contributed by atoms with van der Waals surface area (Å²) in [7, 11) is 0. The first-order valence-corrected chi connectivity index (χ1v) is 9.45. The molecule has 2 heterocycles. The Labute approximate surface area is 141 Å². The van der Waals surface area contributed by atoms with Gasteiger partial charge in [0.05, 0.1) is 4.88 Å². The van der Waals surface area contributed by atoms with E-state index in [1.165, 1.54) is 24.2 Å². The van der Waals surface area contributed by atoms with Crippen molar-refractivity contribution >= 4 is 23.3 Å². The Morgan fingerprint density at radius 3 is 2.78 bits per heavy atom. The van der Waals surface area contributed by atoms with Gasteiger partial charge in [-0.3, -0.25) is 4.79 Å². The fourth-order valence-corrected chi connectivity index (χ4v) is 3.93. The van der Waals surface area contributed by atoms with Crippen LogP contribution >= 0.6 is 11.3 Å². The van der Waals surface area contributed by atoms with Crippen LogP contribution in [0.3, 0.4) is 0 Å². The fourth-order valence-electron chi connectivity index (χ4n) is 3.24. The average molecular weight is 335 g/mol. The minimum absolute atomic E-state index is 0.0408. The number of rotatable bonds is 4. The lowest BCUT2D eigenvalue weighted by molar-refractivity contribution is 0.0767. The van der Waals surface area contributed by atoms with E-state index in [4.69, 9.17) is 0 Å². The third-order valence-corrected chi connectivity index (χ3v) is 5.55. The summed E-state index contributed by atoms with van der Waals surface area (Å²) in [5.74, 6) is 0.764. The molecule has 0 unspecified atom stereocenters. The van der Waals surface area contributed by atoms with Gasteiger partial charge >= 0.3 is 6.03 Å². The molecule has 0 aromatic carbocycles. The molecule has 126 valence electrons. The van der Waals surface area contributed by atoms with E-state index in [1.54, 1.807) is 0 Å². The van der Waals surface area contributed by atoms with Gasteiger partial charge in [-0.1, -0.05) is 19.4 Å². The smallest absolute Gasteiger partial charge is 0.317 e. The number of nitrogens with one attached hydrogen (secondary N) is 1. The highest BCUT2D eigenvalue weighted by Crippen LogP contribution is 2.34. The van der Waals surface area contributed by atoms with Gasteiger partial charge in [-0.05, 0) is 36.6 Å². The Hall–Kier alpha value is -1.56. The minimum atomic E-state index is 0.0408. The number of nitrogens with zero attached hydrogens (tertiary/aromatic N) is 2. The number of amides is 3. The molecule has 2 aliphatic rings. The zero-order chi connectivity index (χ0) is 16.2. The van der Waals surface area contributed by atoms with E-state index >= 15 is 0 Å². The van der Waals surface area contributed by atoms with Gasteiger partial charge in [0, 0.05) is 32.2 Å². The number of urea groups is 1. The van der Waals surface area contributed by atoms with E-state index in [0.717, 1.165) is 30.8 Å². The highest BCUT2D eigenvalue weighted by atomic mass is 32.1. The van der Waals surface area contributed by atoms with Gasteiger partial charge in [0.1, 0.15) is 0 Å². The Balaban J connectivity index is 1.48. The van der Waals surface area contributed by atoms with Crippen LogP contribution in [-0.4, -0.2) is 54.0 Å². The van der Waals surface area contributed by atoms with Gasteiger partial charge in [-0.25, -0.2) is 4.79 Å². The SMILES string of the molecule is CCC[C@@H]1C[C@@H]1NC(=O)N1CCCN(C(=O)c2cccs2)CC1. The molecular formula is C17H25N3O2S. The van der Waals surface area contributed by atoms with Crippen LogP contribution in [0.1, 0.15) is 42.3 Å². The molecule has 1 saturated heterocycles. The Morgan fingerprint density at radius 2 is 2.04 bits per heavy atom. The molecule has 1 aromatic heterocycles. The number of carbonyl (C=O) groups excluding carboxylic acids is 2. The van der Waals surface area contributed by atoms with Crippen LogP contribution in [0, 0.1) is 5.92 Å².